The van der Waals surface area contributed by atoms with Crippen LogP contribution in [0.25, 0.3) is 21.8 Å². The zero-order valence-electron chi connectivity index (χ0n) is 22.7. The molecule has 0 bridgehead atoms. The SMILES string of the molecule is C.CCOCCCCN1CCN(C(=O)c2cc3c(cc2C)[nH]c(=O)c2cnn(C4CCOCC4)c23)C[C@@H]1C.Cl. The molecule has 1 N–H and O–H groups in total. The van der Waals surface area contributed by atoms with E-state index in [1.807, 2.05) is 35.6 Å². The van der Waals surface area contributed by atoms with Crippen molar-refractivity contribution in [3.05, 3.63) is 39.8 Å². The summed E-state index contributed by atoms with van der Waals surface area (Å²) in [6.45, 7) is 12.5. The van der Waals surface area contributed by atoms with Gasteiger partial charge in [0.1, 0.15) is 0 Å². The predicted octanol–water partition coefficient (Wildman–Crippen LogP) is 4.56. The van der Waals surface area contributed by atoms with Crippen molar-refractivity contribution in [2.75, 3.05) is 52.6 Å². The predicted molar refractivity (Wildman–Crippen MR) is 158 cm³/mol. The number of aromatic nitrogens is 3. The number of unbranched alkanes of at least 4 members (excludes halogenated alkanes) is 1. The number of nitrogens with one attached hydrogen (secondary N) is 1. The molecule has 2 aromatic heterocycles. The molecular weight excluding hydrogens is 518 g/mol. The summed E-state index contributed by atoms with van der Waals surface area (Å²) in [5.41, 5.74) is 2.97. The van der Waals surface area contributed by atoms with E-state index >= 15 is 0 Å². The first-order valence-electron chi connectivity index (χ1n) is 13.7. The molecular formula is C29H44ClN5O4. The highest BCUT2D eigenvalue weighted by Crippen LogP contribution is 2.30. The average Bonchev–Trinajstić information content (AvgIpc) is 3.35. The highest BCUT2D eigenvalue weighted by molar-refractivity contribution is 6.07. The normalized spacial score (nSPS) is 18.7. The lowest BCUT2D eigenvalue weighted by Gasteiger charge is -2.40. The van der Waals surface area contributed by atoms with E-state index < -0.39 is 0 Å². The summed E-state index contributed by atoms with van der Waals surface area (Å²) in [7, 11) is 0. The number of aryl methyl sites for hydroxylation is 1. The Morgan fingerprint density at radius 3 is 2.67 bits per heavy atom. The Hall–Kier alpha value is -2.46. The molecule has 1 aromatic carbocycles. The van der Waals surface area contributed by atoms with Gasteiger partial charge in [0.25, 0.3) is 11.5 Å². The Morgan fingerprint density at radius 1 is 1.18 bits per heavy atom. The number of carbonyl (C=O) groups is 1. The molecule has 10 heteroatoms. The van der Waals surface area contributed by atoms with Gasteiger partial charge >= 0.3 is 0 Å². The number of rotatable bonds is 8. The van der Waals surface area contributed by atoms with Crippen LogP contribution in [0.4, 0.5) is 0 Å². The first kappa shape index (κ1) is 31.1. The zero-order valence-corrected chi connectivity index (χ0v) is 23.5. The van der Waals surface area contributed by atoms with Crippen LogP contribution in [0.5, 0.6) is 0 Å². The Labute approximate surface area is 237 Å². The van der Waals surface area contributed by atoms with Crippen molar-refractivity contribution in [2.24, 2.45) is 0 Å². The molecule has 0 unspecified atom stereocenters. The number of hydrogen-bond acceptors (Lipinski definition) is 6. The van der Waals surface area contributed by atoms with Crippen molar-refractivity contribution in [1.82, 2.24) is 24.6 Å². The Kier molecular flexibility index (Phi) is 11.0. The summed E-state index contributed by atoms with van der Waals surface area (Å²) < 4.78 is 13.0. The molecule has 2 aliphatic rings. The Bertz CT molecular complexity index is 1320. The fourth-order valence-corrected chi connectivity index (χ4v) is 5.78. The van der Waals surface area contributed by atoms with E-state index in [1.54, 1.807) is 6.20 Å². The molecule has 1 atom stereocenters. The highest BCUT2D eigenvalue weighted by atomic mass is 35.5. The molecule has 0 radical (unpaired) electrons. The largest absolute Gasteiger partial charge is 0.382 e. The molecule has 2 fully saturated rings. The monoisotopic (exact) mass is 561 g/mol. The minimum atomic E-state index is -0.148. The molecule has 4 heterocycles. The molecule has 9 nitrogen and oxygen atoms in total. The van der Waals surface area contributed by atoms with Gasteiger partial charge in [-0.3, -0.25) is 19.2 Å². The summed E-state index contributed by atoms with van der Waals surface area (Å²) >= 11 is 0. The summed E-state index contributed by atoms with van der Waals surface area (Å²) in [5, 5.41) is 6.04. The lowest BCUT2D eigenvalue weighted by molar-refractivity contribution is 0.0502. The van der Waals surface area contributed by atoms with E-state index in [0.29, 0.717) is 43.3 Å². The second-order valence-electron chi connectivity index (χ2n) is 10.4. The minimum Gasteiger partial charge on any atom is -0.382 e. The molecule has 216 valence electrons. The third kappa shape index (κ3) is 6.48. The smallest absolute Gasteiger partial charge is 0.259 e. The van der Waals surface area contributed by atoms with Crippen molar-refractivity contribution < 1.29 is 14.3 Å². The molecule has 0 saturated carbocycles. The summed E-state index contributed by atoms with van der Waals surface area (Å²) in [6, 6.07) is 4.39. The number of piperazine rings is 1. The van der Waals surface area contributed by atoms with Gasteiger partial charge in [-0.15, -0.1) is 12.4 Å². The number of H-pyrrole nitrogens is 1. The number of hydrogen-bond donors (Lipinski definition) is 1. The number of benzene rings is 1. The molecule has 0 aliphatic carbocycles. The van der Waals surface area contributed by atoms with Crippen LogP contribution in [-0.4, -0.2) is 89.1 Å². The lowest BCUT2D eigenvalue weighted by atomic mass is 10.0. The lowest BCUT2D eigenvalue weighted by Crippen LogP contribution is -2.53. The number of nitrogens with zero attached hydrogens (tertiary/aromatic N) is 4. The number of halogens is 1. The van der Waals surface area contributed by atoms with Gasteiger partial charge in [0.05, 0.1) is 28.7 Å². The third-order valence-electron chi connectivity index (χ3n) is 7.92. The van der Waals surface area contributed by atoms with Crippen molar-refractivity contribution in [1.29, 1.82) is 0 Å². The zero-order chi connectivity index (χ0) is 25.9. The van der Waals surface area contributed by atoms with Crippen molar-refractivity contribution in [3.63, 3.8) is 0 Å². The second kappa shape index (κ2) is 13.7. The first-order valence-corrected chi connectivity index (χ1v) is 13.7. The van der Waals surface area contributed by atoms with Crippen LogP contribution >= 0.6 is 12.4 Å². The van der Waals surface area contributed by atoms with Crippen LogP contribution in [0.2, 0.25) is 0 Å². The molecule has 2 aliphatic heterocycles. The summed E-state index contributed by atoms with van der Waals surface area (Å²) in [4.78, 5) is 34.1. The van der Waals surface area contributed by atoms with Crippen LogP contribution in [0.1, 0.15) is 68.9 Å². The van der Waals surface area contributed by atoms with E-state index in [-0.39, 0.29) is 37.3 Å². The second-order valence-corrected chi connectivity index (χ2v) is 10.4. The molecule has 0 spiro atoms. The summed E-state index contributed by atoms with van der Waals surface area (Å²) in [6.07, 6.45) is 5.54. The van der Waals surface area contributed by atoms with Crippen LogP contribution in [-0.2, 0) is 9.47 Å². The van der Waals surface area contributed by atoms with Gasteiger partial charge < -0.3 is 19.4 Å². The van der Waals surface area contributed by atoms with Gasteiger partial charge in [-0.2, -0.15) is 5.10 Å². The number of aromatic amines is 1. The first-order chi connectivity index (χ1) is 18.0. The number of carbonyl (C=O) groups excluding carboxylic acids is 1. The quantitative estimate of drug-likeness (QED) is 0.405. The van der Waals surface area contributed by atoms with Crippen LogP contribution < -0.4 is 5.56 Å². The Morgan fingerprint density at radius 2 is 1.95 bits per heavy atom. The number of fused-ring (bicyclic) bond motifs is 3. The van der Waals surface area contributed by atoms with E-state index in [0.717, 1.165) is 74.0 Å². The van der Waals surface area contributed by atoms with E-state index in [9.17, 15) is 9.59 Å². The van der Waals surface area contributed by atoms with E-state index in [2.05, 4.69) is 21.9 Å². The van der Waals surface area contributed by atoms with Gasteiger partial charge in [0.15, 0.2) is 0 Å². The number of pyridine rings is 1. The fourth-order valence-electron chi connectivity index (χ4n) is 5.78. The van der Waals surface area contributed by atoms with Crippen molar-refractivity contribution in [3.8, 4) is 0 Å². The van der Waals surface area contributed by atoms with Crippen LogP contribution in [0, 0.1) is 6.92 Å². The molecule has 39 heavy (non-hydrogen) atoms. The average molecular weight is 562 g/mol. The third-order valence-corrected chi connectivity index (χ3v) is 7.92. The maximum absolute atomic E-state index is 13.8. The van der Waals surface area contributed by atoms with Crippen LogP contribution in [0.15, 0.2) is 23.1 Å². The topological polar surface area (TPSA) is 92.7 Å². The Balaban J connectivity index is 0.00000210. The van der Waals surface area contributed by atoms with E-state index in [4.69, 9.17) is 9.47 Å². The molecule has 1 amide bonds. The number of amides is 1. The van der Waals surface area contributed by atoms with Gasteiger partial charge in [0.2, 0.25) is 0 Å². The maximum atomic E-state index is 13.8. The van der Waals surface area contributed by atoms with Crippen LogP contribution in [0.3, 0.4) is 0 Å². The fraction of sp³-hybridized carbons (Fsp3) is 0.621. The van der Waals surface area contributed by atoms with Crippen molar-refractivity contribution >= 4 is 40.1 Å². The summed E-state index contributed by atoms with van der Waals surface area (Å²) in [5.74, 6) is 0.0544. The van der Waals surface area contributed by atoms with Crippen molar-refractivity contribution in [2.45, 2.75) is 66.0 Å². The molecule has 3 aromatic rings. The van der Waals surface area contributed by atoms with Gasteiger partial charge in [0, 0.05) is 63.1 Å². The van der Waals surface area contributed by atoms with E-state index in [1.165, 1.54) is 0 Å². The van der Waals surface area contributed by atoms with Gasteiger partial charge in [-0.1, -0.05) is 7.43 Å². The highest BCUT2D eigenvalue weighted by Gasteiger charge is 2.28. The minimum absolute atomic E-state index is 0. The standard InChI is InChI=1S/C28H39N5O4.CH4.ClH/c1-4-36-12-6-5-9-31-10-11-32(18-20(31)3)28(35)22-16-23-25(15-19(22)2)30-27(34)24-17-29-33(26(23)24)21-7-13-37-14-8-21;;/h15-17,20-21H,4-14,18H2,1-3H3,(H,30,34);1H4;1H/t20-;;/m0../s1. The van der Waals surface area contributed by atoms with Gasteiger partial charge in [-0.25, -0.2) is 0 Å². The molecule has 5 rings (SSSR count). The molecule has 2 saturated heterocycles. The van der Waals surface area contributed by atoms with Gasteiger partial charge in [-0.05, 0) is 70.7 Å². The maximum Gasteiger partial charge on any atom is 0.259 e. The number of ether oxygens (including phenoxy) is 2.